The summed E-state index contributed by atoms with van der Waals surface area (Å²) in [6.07, 6.45) is 2.58. The van der Waals surface area contributed by atoms with E-state index >= 15 is 0 Å². The van der Waals surface area contributed by atoms with Crippen LogP contribution in [0.5, 0.6) is 0 Å². The molecule has 1 N–H and O–H groups in total. The fourth-order valence-electron chi connectivity index (χ4n) is 4.89. The van der Waals surface area contributed by atoms with Gasteiger partial charge in [0, 0.05) is 61.4 Å². The van der Waals surface area contributed by atoms with Gasteiger partial charge in [0.2, 0.25) is 0 Å². The SMILES string of the molecule is CCN(CCCNC(=O)c1cn(CC(C)C)c(=O)c2c1c1ccccc1n2C)c1cccc(C)c1. The van der Waals surface area contributed by atoms with Gasteiger partial charge in [0.1, 0.15) is 5.52 Å². The van der Waals surface area contributed by atoms with E-state index in [1.807, 2.05) is 35.9 Å². The number of carbonyl (C=O) groups is 1. The van der Waals surface area contributed by atoms with E-state index in [4.69, 9.17) is 0 Å². The minimum atomic E-state index is -0.137. The highest BCUT2D eigenvalue weighted by Crippen LogP contribution is 2.29. The minimum Gasteiger partial charge on any atom is -0.372 e. The van der Waals surface area contributed by atoms with Crippen LogP contribution in [0.1, 0.15) is 43.1 Å². The average molecular weight is 473 g/mol. The van der Waals surface area contributed by atoms with Crippen LogP contribution in [0.2, 0.25) is 0 Å². The summed E-state index contributed by atoms with van der Waals surface area (Å²) in [5.74, 6) is 0.153. The van der Waals surface area contributed by atoms with Crippen LogP contribution in [-0.4, -0.2) is 34.7 Å². The summed E-state index contributed by atoms with van der Waals surface area (Å²) in [6, 6.07) is 16.4. The van der Waals surface area contributed by atoms with Gasteiger partial charge in [0.15, 0.2) is 0 Å². The zero-order valence-electron chi connectivity index (χ0n) is 21.5. The van der Waals surface area contributed by atoms with Crippen LogP contribution >= 0.6 is 0 Å². The molecule has 6 heteroatoms. The van der Waals surface area contributed by atoms with Crippen molar-refractivity contribution in [3.05, 3.63) is 76.2 Å². The number of hydrogen-bond donors (Lipinski definition) is 1. The van der Waals surface area contributed by atoms with E-state index in [0.717, 1.165) is 35.8 Å². The Balaban J connectivity index is 1.60. The number of hydrogen-bond acceptors (Lipinski definition) is 3. The summed E-state index contributed by atoms with van der Waals surface area (Å²) in [4.78, 5) is 29.1. The zero-order valence-corrected chi connectivity index (χ0v) is 21.5. The number of anilines is 1. The van der Waals surface area contributed by atoms with Crippen molar-refractivity contribution in [2.75, 3.05) is 24.5 Å². The number of benzene rings is 2. The molecule has 1 amide bonds. The lowest BCUT2D eigenvalue weighted by Gasteiger charge is -2.23. The predicted molar refractivity (Wildman–Crippen MR) is 146 cm³/mol. The molecule has 184 valence electrons. The molecule has 0 saturated carbocycles. The van der Waals surface area contributed by atoms with Crippen molar-refractivity contribution >= 4 is 33.4 Å². The number of carbonyl (C=O) groups excluding carboxylic acids is 1. The van der Waals surface area contributed by atoms with Crippen LogP contribution in [0.4, 0.5) is 5.69 Å². The first-order valence-corrected chi connectivity index (χ1v) is 12.5. The van der Waals surface area contributed by atoms with Crippen LogP contribution in [0.3, 0.4) is 0 Å². The van der Waals surface area contributed by atoms with Crippen molar-refractivity contribution in [1.82, 2.24) is 14.5 Å². The van der Waals surface area contributed by atoms with Crippen LogP contribution in [0.25, 0.3) is 21.8 Å². The molecule has 0 fully saturated rings. The molecule has 4 rings (SSSR count). The maximum Gasteiger partial charge on any atom is 0.275 e. The molecule has 2 aromatic carbocycles. The van der Waals surface area contributed by atoms with E-state index in [2.05, 4.69) is 62.2 Å². The van der Waals surface area contributed by atoms with Crippen molar-refractivity contribution in [2.24, 2.45) is 13.0 Å². The van der Waals surface area contributed by atoms with E-state index < -0.39 is 0 Å². The van der Waals surface area contributed by atoms with Crippen molar-refractivity contribution in [3.8, 4) is 0 Å². The van der Waals surface area contributed by atoms with Gasteiger partial charge in [-0.25, -0.2) is 0 Å². The first-order chi connectivity index (χ1) is 16.8. The highest BCUT2D eigenvalue weighted by atomic mass is 16.2. The highest BCUT2D eigenvalue weighted by molar-refractivity contribution is 6.17. The second-order valence-corrected chi connectivity index (χ2v) is 9.72. The maximum atomic E-state index is 13.4. The molecule has 4 aromatic rings. The fourth-order valence-corrected chi connectivity index (χ4v) is 4.89. The molecular weight excluding hydrogens is 436 g/mol. The maximum absolute atomic E-state index is 13.4. The van der Waals surface area contributed by atoms with E-state index in [0.29, 0.717) is 24.2 Å². The van der Waals surface area contributed by atoms with Gasteiger partial charge in [-0.15, -0.1) is 0 Å². The van der Waals surface area contributed by atoms with E-state index in [1.165, 1.54) is 11.3 Å². The van der Waals surface area contributed by atoms with Crippen molar-refractivity contribution in [2.45, 2.75) is 40.7 Å². The summed E-state index contributed by atoms with van der Waals surface area (Å²) in [5.41, 5.74) is 4.48. The van der Waals surface area contributed by atoms with Gasteiger partial charge in [-0.05, 0) is 49.9 Å². The van der Waals surface area contributed by atoms with Gasteiger partial charge >= 0.3 is 0 Å². The second kappa shape index (κ2) is 10.4. The number of fused-ring (bicyclic) bond motifs is 3. The molecule has 2 heterocycles. The molecule has 0 aliphatic rings. The molecule has 35 heavy (non-hydrogen) atoms. The van der Waals surface area contributed by atoms with Crippen molar-refractivity contribution in [1.29, 1.82) is 0 Å². The van der Waals surface area contributed by atoms with Crippen LogP contribution in [0, 0.1) is 12.8 Å². The normalized spacial score (nSPS) is 11.5. The third-order valence-electron chi connectivity index (χ3n) is 6.57. The lowest BCUT2D eigenvalue weighted by atomic mass is 10.1. The highest BCUT2D eigenvalue weighted by Gasteiger charge is 2.21. The number of nitrogens with one attached hydrogen (secondary N) is 1. The summed E-state index contributed by atoms with van der Waals surface area (Å²) in [5, 5.41) is 4.78. The number of nitrogens with zero attached hydrogens (tertiary/aromatic N) is 3. The molecule has 0 atom stereocenters. The molecule has 0 saturated heterocycles. The van der Waals surface area contributed by atoms with Gasteiger partial charge in [-0.1, -0.05) is 44.2 Å². The van der Waals surface area contributed by atoms with Crippen LogP contribution in [-0.2, 0) is 13.6 Å². The van der Waals surface area contributed by atoms with Gasteiger partial charge in [-0.3, -0.25) is 9.59 Å². The van der Waals surface area contributed by atoms with E-state index in [9.17, 15) is 9.59 Å². The number of aryl methyl sites for hydroxylation is 2. The van der Waals surface area contributed by atoms with Crippen molar-refractivity contribution in [3.63, 3.8) is 0 Å². The lowest BCUT2D eigenvalue weighted by molar-refractivity contribution is 0.0954. The van der Waals surface area contributed by atoms with Crippen LogP contribution in [0.15, 0.2) is 59.5 Å². The molecule has 6 nitrogen and oxygen atoms in total. The third-order valence-corrected chi connectivity index (χ3v) is 6.57. The number of rotatable bonds is 9. The summed E-state index contributed by atoms with van der Waals surface area (Å²) in [6.45, 7) is 11.3. The Hall–Kier alpha value is -3.54. The first kappa shape index (κ1) is 24.6. The van der Waals surface area contributed by atoms with E-state index in [1.54, 1.807) is 10.8 Å². The minimum absolute atomic E-state index is 0.0549. The fraction of sp³-hybridized carbons (Fsp3) is 0.379. The summed E-state index contributed by atoms with van der Waals surface area (Å²) in [7, 11) is 1.90. The molecule has 0 aliphatic carbocycles. The van der Waals surface area contributed by atoms with Gasteiger partial charge < -0.3 is 19.4 Å². The quantitative estimate of drug-likeness (QED) is 0.345. The smallest absolute Gasteiger partial charge is 0.275 e. The van der Waals surface area contributed by atoms with Gasteiger partial charge in [0.25, 0.3) is 11.5 Å². The Morgan fingerprint density at radius 1 is 1.11 bits per heavy atom. The number of para-hydroxylation sites is 1. The lowest BCUT2D eigenvalue weighted by Crippen LogP contribution is -2.31. The summed E-state index contributed by atoms with van der Waals surface area (Å²) < 4.78 is 3.61. The van der Waals surface area contributed by atoms with Crippen LogP contribution < -0.4 is 15.8 Å². The monoisotopic (exact) mass is 472 g/mol. The zero-order chi connectivity index (χ0) is 25.1. The van der Waals surface area contributed by atoms with Gasteiger partial charge in [-0.2, -0.15) is 0 Å². The summed E-state index contributed by atoms with van der Waals surface area (Å²) >= 11 is 0. The van der Waals surface area contributed by atoms with Gasteiger partial charge in [0.05, 0.1) is 5.56 Å². The molecule has 2 aromatic heterocycles. The Morgan fingerprint density at radius 2 is 1.89 bits per heavy atom. The average Bonchev–Trinajstić information content (AvgIpc) is 3.13. The topological polar surface area (TPSA) is 59.3 Å². The molecule has 0 aliphatic heterocycles. The number of pyridine rings is 1. The Morgan fingerprint density at radius 3 is 2.60 bits per heavy atom. The second-order valence-electron chi connectivity index (χ2n) is 9.72. The molecule has 0 radical (unpaired) electrons. The predicted octanol–water partition coefficient (Wildman–Crippen LogP) is 5.10. The van der Waals surface area contributed by atoms with Crippen molar-refractivity contribution < 1.29 is 4.79 Å². The molecule has 0 spiro atoms. The Kier molecular flexibility index (Phi) is 7.29. The first-order valence-electron chi connectivity index (χ1n) is 12.5. The molecule has 0 unspecified atom stereocenters. The Bertz CT molecular complexity index is 1410. The standard InChI is InChI=1S/C29H36N4O2/c1-6-32(22-12-9-11-21(4)17-22)16-10-15-30-28(34)24-19-33(18-20(2)3)29(35)27-26(24)23-13-7-8-14-25(23)31(27)5/h7-9,11-14,17,19-20H,6,10,15-16,18H2,1-5H3,(H,30,34). The largest absolute Gasteiger partial charge is 0.372 e. The third kappa shape index (κ3) is 4.97. The molecule has 0 bridgehead atoms. The molecular formula is C29H36N4O2. The number of amides is 1. The Labute approximate surface area is 207 Å². The number of aromatic nitrogens is 2. The van der Waals surface area contributed by atoms with E-state index in [-0.39, 0.29) is 17.4 Å².